The van der Waals surface area contributed by atoms with Crippen molar-refractivity contribution >= 4 is 17.3 Å². The fraction of sp³-hybridized carbons (Fsp3) is 0.138. The standard InChI is InChI=1S/C29H27NO/c1-23-17-19-25(20-18-23)28(24-11-5-2-6-12-24)21-22-29(31)30(26-13-7-3-8-14-26)27-15-9-4-10-16-27/h2-20,28H,21-22H2,1H3. The maximum absolute atomic E-state index is 13.5. The zero-order valence-electron chi connectivity index (χ0n) is 17.8. The van der Waals surface area contributed by atoms with Crippen molar-refractivity contribution < 1.29 is 4.79 Å². The summed E-state index contributed by atoms with van der Waals surface area (Å²) in [5, 5.41) is 0. The number of nitrogens with zero attached hydrogens (tertiary/aromatic N) is 1. The molecule has 0 aliphatic carbocycles. The van der Waals surface area contributed by atoms with Crippen LogP contribution >= 0.6 is 0 Å². The van der Waals surface area contributed by atoms with E-state index in [1.807, 2.05) is 71.6 Å². The van der Waals surface area contributed by atoms with Gasteiger partial charge >= 0.3 is 0 Å². The number of rotatable bonds is 7. The molecule has 0 spiro atoms. The Balaban J connectivity index is 1.60. The second-order valence-electron chi connectivity index (χ2n) is 7.81. The maximum atomic E-state index is 13.5. The van der Waals surface area contributed by atoms with Gasteiger partial charge in [-0.05, 0) is 48.7 Å². The molecule has 1 amide bonds. The number of benzene rings is 4. The third-order valence-electron chi connectivity index (χ3n) is 5.61. The van der Waals surface area contributed by atoms with Crippen LogP contribution < -0.4 is 4.90 Å². The molecule has 0 radical (unpaired) electrons. The Labute approximate surface area is 184 Å². The van der Waals surface area contributed by atoms with E-state index in [2.05, 4.69) is 55.5 Å². The molecular weight excluding hydrogens is 378 g/mol. The van der Waals surface area contributed by atoms with E-state index in [0.29, 0.717) is 6.42 Å². The first-order valence-electron chi connectivity index (χ1n) is 10.8. The van der Waals surface area contributed by atoms with Crippen LogP contribution in [-0.2, 0) is 4.79 Å². The highest BCUT2D eigenvalue weighted by molar-refractivity contribution is 6.00. The van der Waals surface area contributed by atoms with Crippen LogP contribution in [0.3, 0.4) is 0 Å². The molecule has 1 unspecified atom stereocenters. The van der Waals surface area contributed by atoms with Crippen LogP contribution in [0, 0.1) is 6.92 Å². The van der Waals surface area contributed by atoms with Crippen LogP contribution in [0.1, 0.15) is 35.4 Å². The fourth-order valence-electron chi connectivity index (χ4n) is 3.98. The molecule has 31 heavy (non-hydrogen) atoms. The Hall–Kier alpha value is -3.65. The molecule has 0 saturated carbocycles. The largest absolute Gasteiger partial charge is 0.281 e. The summed E-state index contributed by atoms with van der Waals surface area (Å²) in [6.45, 7) is 2.10. The Morgan fingerprint density at radius 2 is 1.10 bits per heavy atom. The minimum absolute atomic E-state index is 0.102. The summed E-state index contributed by atoms with van der Waals surface area (Å²) in [4.78, 5) is 15.3. The fourth-order valence-corrected chi connectivity index (χ4v) is 3.98. The lowest BCUT2D eigenvalue weighted by Gasteiger charge is -2.25. The van der Waals surface area contributed by atoms with Gasteiger partial charge in [0, 0.05) is 23.7 Å². The third kappa shape index (κ3) is 5.10. The number of para-hydroxylation sites is 2. The van der Waals surface area contributed by atoms with Crippen molar-refractivity contribution in [2.45, 2.75) is 25.7 Å². The van der Waals surface area contributed by atoms with E-state index in [1.165, 1.54) is 16.7 Å². The first-order valence-corrected chi connectivity index (χ1v) is 10.8. The van der Waals surface area contributed by atoms with Gasteiger partial charge in [-0.2, -0.15) is 0 Å². The lowest BCUT2D eigenvalue weighted by molar-refractivity contribution is -0.118. The summed E-state index contributed by atoms with van der Waals surface area (Å²) >= 11 is 0. The van der Waals surface area contributed by atoms with Crippen LogP contribution in [0.15, 0.2) is 115 Å². The average molecular weight is 406 g/mol. The minimum atomic E-state index is 0.102. The molecule has 4 rings (SSSR count). The summed E-state index contributed by atoms with van der Waals surface area (Å²) in [7, 11) is 0. The lowest BCUT2D eigenvalue weighted by Crippen LogP contribution is -2.26. The molecule has 0 bridgehead atoms. The van der Waals surface area contributed by atoms with Gasteiger partial charge in [0.1, 0.15) is 0 Å². The quantitative estimate of drug-likeness (QED) is 0.316. The summed E-state index contributed by atoms with van der Waals surface area (Å²) in [5.74, 6) is 0.282. The molecule has 0 fully saturated rings. The van der Waals surface area contributed by atoms with E-state index < -0.39 is 0 Å². The van der Waals surface area contributed by atoms with Gasteiger partial charge in [0.2, 0.25) is 5.91 Å². The summed E-state index contributed by atoms with van der Waals surface area (Å²) < 4.78 is 0. The number of hydrogen-bond donors (Lipinski definition) is 0. The van der Waals surface area contributed by atoms with Gasteiger partial charge in [-0.1, -0.05) is 96.6 Å². The molecule has 1 atom stereocenters. The van der Waals surface area contributed by atoms with Crippen molar-refractivity contribution in [2.75, 3.05) is 4.90 Å². The number of aryl methyl sites for hydroxylation is 1. The second-order valence-corrected chi connectivity index (χ2v) is 7.81. The van der Waals surface area contributed by atoms with Crippen molar-refractivity contribution in [1.29, 1.82) is 0 Å². The number of carbonyl (C=O) groups is 1. The summed E-state index contributed by atoms with van der Waals surface area (Å²) in [6, 6.07) is 38.9. The first-order chi connectivity index (χ1) is 15.2. The molecule has 0 aliphatic heterocycles. The SMILES string of the molecule is Cc1ccc(C(CCC(=O)N(c2ccccc2)c2ccccc2)c2ccccc2)cc1. The number of amides is 1. The Bertz CT molecular complexity index is 1050. The topological polar surface area (TPSA) is 20.3 Å². The van der Waals surface area contributed by atoms with Crippen molar-refractivity contribution in [2.24, 2.45) is 0 Å². The van der Waals surface area contributed by atoms with Gasteiger partial charge in [0.25, 0.3) is 0 Å². The Morgan fingerprint density at radius 3 is 1.61 bits per heavy atom. The second kappa shape index (κ2) is 9.90. The Kier molecular flexibility index (Phi) is 6.59. The molecule has 4 aromatic carbocycles. The summed E-state index contributed by atoms with van der Waals surface area (Å²) in [5.41, 5.74) is 5.52. The van der Waals surface area contributed by atoms with E-state index in [1.54, 1.807) is 0 Å². The van der Waals surface area contributed by atoms with Gasteiger partial charge in [0.15, 0.2) is 0 Å². The van der Waals surface area contributed by atoms with Gasteiger partial charge < -0.3 is 0 Å². The van der Waals surface area contributed by atoms with Gasteiger partial charge in [-0.15, -0.1) is 0 Å². The van der Waals surface area contributed by atoms with Gasteiger partial charge in [-0.3, -0.25) is 9.69 Å². The number of hydrogen-bond acceptors (Lipinski definition) is 1. The minimum Gasteiger partial charge on any atom is -0.281 e. The molecular formula is C29H27NO. The van der Waals surface area contributed by atoms with Crippen molar-refractivity contribution in [3.05, 3.63) is 132 Å². The van der Waals surface area contributed by atoms with Crippen molar-refractivity contribution in [3.63, 3.8) is 0 Å². The summed E-state index contributed by atoms with van der Waals surface area (Å²) in [6.07, 6.45) is 1.21. The van der Waals surface area contributed by atoms with Crippen LogP contribution in [0.2, 0.25) is 0 Å². The van der Waals surface area contributed by atoms with E-state index in [9.17, 15) is 4.79 Å². The first kappa shape index (κ1) is 20.6. The molecule has 0 aromatic heterocycles. The molecule has 0 heterocycles. The van der Waals surface area contributed by atoms with Gasteiger partial charge in [-0.25, -0.2) is 0 Å². The normalized spacial score (nSPS) is 11.6. The van der Waals surface area contributed by atoms with Crippen molar-refractivity contribution in [3.8, 4) is 0 Å². The predicted molar refractivity (Wildman–Crippen MR) is 129 cm³/mol. The number of anilines is 2. The predicted octanol–water partition coefficient (Wildman–Crippen LogP) is 7.27. The van der Waals surface area contributed by atoms with E-state index in [4.69, 9.17) is 0 Å². The molecule has 4 aromatic rings. The molecule has 0 aliphatic rings. The molecule has 2 heteroatoms. The van der Waals surface area contributed by atoms with Crippen LogP contribution in [0.4, 0.5) is 11.4 Å². The van der Waals surface area contributed by atoms with E-state index in [0.717, 1.165) is 17.8 Å². The monoisotopic (exact) mass is 405 g/mol. The van der Waals surface area contributed by atoms with Crippen LogP contribution in [-0.4, -0.2) is 5.91 Å². The third-order valence-corrected chi connectivity index (χ3v) is 5.61. The van der Waals surface area contributed by atoms with E-state index >= 15 is 0 Å². The Morgan fingerprint density at radius 1 is 0.645 bits per heavy atom. The van der Waals surface area contributed by atoms with E-state index in [-0.39, 0.29) is 11.8 Å². The smallest absolute Gasteiger partial charge is 0.231 e. The van der Waals surface area contributed by atoms with Crippen LogP contribution in [0.5, 0.6) is 0 Å². The van der Waals surface area contributed by atoms with Gasteiger partial charge in [0.05, 0.1) is 0 Å². The van der Waals surface area contributed by atoms with Crippen molar-refractivity contribution in [1.82, 2.24) is 0 Å². The molecule has 0 saturated heterocycles. The highest BCUT2D eigenvalue weighted by atomic mass is 16.2. The lowest BCUT2D eigenvalue weighted by atomic mass is 9.87. The zero-order valence-corrected chi connectivity index (χ0v) is 17.8. The molecule has 154 valence electrons. The maximum Gasteiger partial charge on any atom is 0.231 e. The van der Waals surface area contributed by atoms with Crippen LogP contribution in [0.25, 0.3) is 0 Å². The highest BCUT2D eigenvalue weighted by Gasteiger charge is 2.21. The molecule has 2 nitrogen and oxygen atoms in total. The highest BCUT2D eigenvalue weighted by Crippen LogP contribution is 2.32. The average Bonchev–Trinajstić information content (AvgIpc) is 2.83. The molecule has 0 N–H and O–H groups in total. The zero-order chi connectivity index (χ0) is 21.5. The number of carbonyl (C=O) groups excluding carboxylic acids is 1.